The standard InChI is InChI=1S/C26H29F2NO/c1-2-3-4-20-9-11-23(12-10-20)24-13-15-25(16-14-24)26(27,28)30-18-17-21-5-7-22(19-29)8-6-21/h2,5-8,13-16,20,23H,1,3-4,9-12,17-18H2. The van der Waals surface area contributed by atoms with E-state index in [2.05, 4.69) is 6.58 Å². The fourth-order valence-electron chi connectivity index (χ4n) is 4.21. The predicted octanol–water partition coefficient (Wildman–Crippen LogP) is 7.11. The molecule has 0 aromatic heterocycles. The van der Waals surface area contributed by atoms with Crippen molar-refractivity contribution in [3.63, 3.8) is 0 Å². The van der Waals surface area contributed by atoms with E-state index in [9.17, 15) is 8.78 Å². The maximum absolute atomic E-state index is 14.4. The van der Waals surface area contributed by atoms with Crippen LogP contribution in [0.15, 0.2) is 61.2 Å². The van der Waals surface area contributed by atoms with Gasteiger partial charge in [0.15, 0.2) is 0 Å². The molecule has 4 heteroatoms. The second-order valence-corrected chi connectivity index (χ2v) is 8.13. The summed E-state index contributed by atoms with van der Waals surface area (Å²) >= 11 is 0. The lowest BCUT2D eigenvalue weighted by Crippen LogP contribution is -2.20. The molecular weight excluding hydrogens is 380 g/mol. The quantitative estimate of drug-likeness (QED) is 0.414. The number of ether oxygens (including phenoxy) is 1. The molecule has 158 valence electrons. The Morgan fingerprint density at radius 2 is 1.70 bits per heavy atom. The van der Waals surface area contributed by atoms with Gasteiger partial charge in [-0.25, -0.2) is 0 Å². The summed E-state index contributed by atoms with van der Waals surface area (Å²) in [5.41, 5.74) is 2.46. The van der Waals surface area contributed by atoms with Crippen molar-refractivity contribution in [1.82, 2.24) is 0 Å². The largest absolute Gasteiger partial charge is 0.383 e. The highest BCUT2D eigenvalue weighted by Crippen LogP contribution is 2.38. The summed E-state index contributed by atoms with van der Waals surface area (Å²) in [5, 5.41) is 8.81. The van der Waals surface area contributed by atoms with Crippen LogP contribution >= 0.6 is 0 Å². The minimum Gasteiger partial charge on any atom is -0.316 e. The van der Waals surface area contributed by atoms with Crippen molar-refractivity contribution in [3.05, 3.63) is 83.4 Å². The van der Waals surface area contributed by atoms with E-state index >= 15 is 0 Å². The average molecular weight is 410 g/mol. The summed E-state index contributed by atoms with van der Waals surface area (Å²) in [4.78, 5) is 0. The molecule has 1 aliphatic carbocycles. The van der Waals surface area contributed by atoms with Crippen LogP contribution in [0.1, 0.15) is 66.7 Å². The van der Waals surface area contributed by atoms with Crippen LogP contribution in [0.3, 0.4) is 0 Å². The van der Waals surface area contributed by atoms with Crippen LogP contribution in [0, 0.1) is 17.2 Å². The Labute approximate surface area is 178 Å². The number of alkyl halides is 2. The zero-order chi connectivity index (χ0) is 21.4. The minimum atomic E-state index is -3.31. The van der Waals surface area contributed by atoms with E-state index in [1.165, 1.54) is 31.4 Å². The molecule has 1 fully saturated rings. The van der Waals surface area contributed by atoms with Crippen LogP contribution in [0.4, 0.5) is 8.78 Å². The fourth-order valence-corrected chi connectivity index (χ4v) is 4.21. The van der Waals surface area contributed by atoms with E-state index in [1.54, 1.807) is 24.3 Å². The maximum Gasteiger partial charge on any atom is 0.383 e. The van der Waals surface area contributed by atoms with Crippen LogP contribution in [-0.4, -0.2) is 6.61 Å². The van der Waals surface area contributed by atoms with Crippen LogP contribution in [0.2, 0.25) is 0 Å². The number of hydrogen-bond acceptors (Lipinski definition) is 2. The first-order valence-corrected chi connectivity index (χ1v) is 10.7. The third kappa shape index (κ3) is 6.00. The third-order valence-electron chi connectivity index (χ3n) is 6.10. The van der Waals surface area contributed by atoms with Crippen molar-refractivity contribution >= 4 is 0 Å². The van der Waals surface area contributed by atoms with E-state index < -0.39 is 6.11 Å². The maximum atomic E-state index is 14.4. The van der Waals surface area contributed by atoms with Gasteiger partial charge in [-0.2, -0.15) is 14.0 Å². The topological polar surface area (TPSA) is 33.0 Å². The Kier molecular flexibility index (Phi) is 7.76. The summed E-state index contributed by atoms with van der Waals surface area (Å²) in [6.45, 7) is 3.71. The molecule has 0 aliphatic heterocycles. The Morgan fingerprint density at radius 1 is 1.03 bits per heavy atom. The first-order valence-electron chi connectivity index (χ1n) is 10.7. The van der Waals surface area contributed by atoms with Gasteiger partial charge in [-0.3, -0.25) is 0 Å². The molecule has 0 spiro atoms. The molecule has 1 aliphatic rings. The summed E-state index contributed by atoms with van der Waals surface area (Å²) in [5.74, 6) is 1.23. The zero-order valence-electron chi connectivity index (χ0n) is 17.3. The highest BCUT2D eigenvalue weighted by atomic mass is 19.3. The molecule has 1 saturated carbocycles. The normalized spacial score (nSPS) is 19.2. The number of nitrogens with zero attached hydrogens (tertiary/aromatic N) is 1. The zero-order valence-corrected chi connectivity index (χ0v) is 17.3. The van der Waals surface area contributed by atoms with Crippen molar-refractivity contribution in [2.75, 3.05) is 6.61 Å². The molecule has 2 nitrogen and oxygen atoms in total. The smallest absolute Gasteiger partial charge is 0.316 e. The van der Waals surface area contributed by atoms with Crippen LogP contribution in [-0.2, 0) is 17.3 Å². The summed E-state index contributed by atoms with van der Waals surface area (Å²) in [6.07, 6.45) is 5.98. The molecule has 0 heterocycles. The van der Waals surface area contributed by atoms with Crippen LogP contribution < -0.4 is 0 Å². The lowest BCUT2D eigenvalue weighted by molar-refractivity contribution is -0.248. The van der Waals surface area contributed by atoms with Crippen molar-refractivity contribution in [2.24, 2.45) is 5.92 Å². The number of halogens is 2. The van der Waals surface area contributed by atoms with E-state index in [1.807, 2.05) is 24.3 Å². The Morgan fingerprint density at radius 3 is 2.30 bits per heavy atom. The summed E-state index contributed by atoms with van der Waals surface area (Å²) < 4.78 is 33.8. The monoisotopic (exact) mass is 409 g/mol. The highest BCUT2D eigenvalue weighted by molar-refractivity contribution is 5.31. The van der Waals surface area contributed by atoms with Gasteiger partial charge in [0.2, 0.25) is 0 Å². The van der Waals surface area contributed by atoms with Crippen molar-refractivity contribution in [3.8, 4) is 6.07 Å². The van der Waals surface area contributed by atoms with Gasteiger partial charge in [0.1, 0.15) is 0 Å². The number of benzene rings is 2. The van der Waals surface area contributed by atoms with Gasteiger partial charge in [0.05, 0.1) is 23.8 Å². The fraction of sp³-hybridized carbons (Fsp3) is 0.423. The lowest BCUT2D eigenvalue weighted by atomic mass is 9.77. The molecule has 0 N–H and O–H groups in total. The number of hydrogen-bond donors (Lipinski definition) is 0. The Bertz CT molecular complexity index is 844. The molecule has 0 saturated heterocycles. The molecule has 30 heavy (non-hydrogen) atoms. The summed E-state index contributed by atoms with van der Waals surface area (Å²) in [7, 11) is 0. The van der Waals surface area contributed by atoms with Crippen molar-refractivity contribution < 1.29 is 13.5 Å². The van der Waals surface area contributed by atoms with Crippen LogP contribution in [0.25, 0.3) is 0 Å². The van der Waals surface area contributed by atoms with Crippen LogP contribution in [0.5, 0.6) is 0 Å². The van der Waals surface area contributed by atoms with Crippen molar-refractivity contribution in [2.45, 2.75) is 57.0 Å². The van der Waals surface area contributed by atoms with Gasteiger partial charge in [-0.1, -0.05) is 42.5 Å². The molecule has 0 amide bonds. The first kappa shape index (κ1) is 22.2. The average Bonchev–Trinajstić information content (AvgIpc) is 2.78. The summed E-state index contributed by atoms with van der Waals surface area (Å²) in [6, 6.07) is 15.6. The van der Waals surface area contributed by atoms with Gasteiger partial charge >= 0.3 is 6.11 Å². The predicted molar refractivity (Wildman–Crippen MR) is 115 cm³/mol. The van der Waals surface area contributed by atoms with E-state index in [-0.39, 0.29) is 12.2 Å². The third-order valence-corrected chi connectivity index (χ3v) is 6.10. The number of allylic oxidation sites excluding steroid dienone is 1. The lowest BCUT2D eigenvalue weighted by Gasteiger charge is -2.29. The first-order chi connectivity index (χ1) is 14.5. The van der Waals surface area contributed by atoms with Gasteiger partial charge in [0, 0.05) is 0 Å². The Balaban J connectivity index is 1.50. The number of nitriles is 1. The molecule has 0 atom stereocenters. The molecule has 3 rings (SSSR count). The molecule has 2 aromatic carbocycles. The van der Waals surface area contributed by atoms with Crippen molar-refractivity contribution in [1.29, 1.82) is 5.26 Å². The van der Waals surface area contributed by atoms with Gasteiger partial charge in [-0.05, 0) is 80.0 Å². The Hall–Kier alpha value is -2.51. The SMILES string of the molecule is C=CCCC1CCC(c2ccc(C(F)(F)OCCc3ccc(C#N)cc3)cc2)CC1. The van der Waals surface area contributed by atoms with Gasteiger partial charge < -0.3 is 4.74 Å². The molecule has 0 radical (unpaired) electrons. The molecule has 0 unspecified atom stereocenters. The van der Waals surface area contributed by atoms with Gasteiger partial charge in [0.25, 0.3) is 0 Å². The van der Waals surface area contributed by atoms with E-state index in [4.69, 9.17) is 10.00 Å². The molecule has 2 aromatic rings. The van der Waals surface area contributed by atoms with E-state index in [0.717, 1.165) is 36.3 Å². The molecular formula is C26H29F2NO. The van der Waals surface area contributed by atoms with E-state index in [0.29, 0.717) is 17.9 Å². The second-order valence-electron chi connectivity index (χ2n) is 8.13. The second kappa shape index (κ2) is 10.5. The van der Waals surface area contributed by atoms with Gasteiger partial charge in [-0.15, -0.1) is 6.58 Å². The number of rotatable bonds is 9. The minimum absolute atomic E-state index is 0.0879. The highest BCUT2D eigenvalue weighted by Gasteiger charge is 2.33. The molecule has 0 bridgehead atoms.